The zero-order chi connectivity index (χ0) is 14.2. The van der Waals surface area contributed by atoms with E-state index in [2.05, 4.69) is 70.5 Å². The Morgan fingerprint density at radius 3 is 2.50 bits per heavy atom. The summed E-state index contributed by atoms with van der Waals surface area (Å²) in [5.74, 6) is 0.757. The first kappa shape index (κ1) is 12.6. The van der Waals surface area contributed by atoms with Crippen molar-refractivity contribution in [2.24, 2.45) is 0 Å². The summed E-state index contributed by atoms with van der Waals surface area (Å²) >= 11 is 0. The molecule has 0 radical (unpaired) electrons. The van der Waals surface area contributed by atoms with Gasteiger partial charge in [-0.15, -0.1) is 0 Å². The fraction of sp³-hybridized carbons (Fsp3) is 0.267. The van der Waals surface area contributed by atoms with Crippen molar-refractivity contribution in [3.8, 4) is 0 Å². The second kappa shape index (κ2) is 4.59. The van der Waals surface area contributed by atoms with Crippen molar-refractivity contribution in [1.29, 1.82) is 0 Å². The van der Waals surface area contributed by atoms with Crippen LogP contribution in [0, 0.1) is 0 Å². The van der Waals surface area contributed by atoms with Gasteiger partial charge in [0.15, 0.2) is 5.65 Å². The number of benzene rings is 1. The molecule has 0 saturated carbocycles. The quantitative estimate of drug-likeness (QED) is 0.747. The maximum absolute atomic E-state index is 4.26. The molecule has 0 spiro atoms. The molecule has 0 aliphatic heterocycles. The van der Waals surface area contributed by atoms with Gasteiger partial charge in [-0.1, -0.05) is 32.9 Å². The third kappa shape index (κ3) is 2.34. The summed E-state index contributed by atoms with van der Waals surface area (Å²) in [5.41, 5.74) is 3.19. The highest BCUT2D eigenvalue weighted by Crippen LogP contribution is 2.25. The average molecular weight is 267 g/mol. The maximum atomic E-state index is 4.26. The molecule has 2 N–H and O–H groups in total. The van der Waals surface area contributed by atoms with Crippen molar-refractivity contribution in [3.63, 3.8) is 0 Å². The van der Waals surface area contributed by atoms with E-state index in [-0.39, 0.29) is 5.41 Å². The number of nitrogens with one attached hydrogen (secondary N) is 2. The highest BCUT2D eigenvalue weighted by molar-refractivity contribution is 5.87. The summed E-state index contributed by atoms with van der Waals surface area (Å²) in [4.78, 5) is 8.38. The minimum absolute atomic E-state index is 0.158. The Labute approximate surface area is 117 Å². The molecule has 3 rings (SSSR count). The summed E-state index contributed by atoms with van der Waals surface area (Å²) in [6, 6.07) is 8.40. The van der Waals surface area contributed by atoms with Gasteiger partial charge in [-0.2, -0.15) is 5.10 Å². The summed E-state index contributed by atoms with van der Waals surface area (Å²) < 4.78 is 0. The largest absolute Gasteiger partial charge is 0.340 e. The Kier molecular flexibility index (Phi) is 2.89. The predicted octanol–water partition coefficient (Wildman–Crippen LogP) is 3.39. The number of hydrogen-bond acceptors (Lipinski definition) is 4. The van der Waals surface area contributed by atoms with Crippen LogP contribution in [0.4, 0.5) is 11.5 Å². The summed E-state index contributed by atoms with van der Waals surface area (Å²) in [6.07, 6.45) is 3.24. The van der Waals surface area contributed by atoms with Gasteiger partial charge >= 0.3 is 0 Å². The van der Waals surface area contributed by atoms with Crippen molar-refractivity contribution < 1.29 is 0 Å². The van der Waals surface area contributed by atoms with Gasteiger partial charge in [0.05, 0.1) is 11.6 Å². The number of aromatic nitrogens is 4. The second-order valence-corrected chi connectivity index (χ2v) is 5.81. The molecule has 5 nitrogen and oxygen atoms in total. The number of H-pyrrole nitrogens is 1. The molecule has 0 unspecified atom stereocenters. The van der Waals surface area contributed by atoms with Gasteiger partial charge in [0, 0.05) is 5.69 Å². The molecule has 102 valence electrons. The van der Waals surface area contributed by atoms with Crippen LogP contribution in [-0.2, 0) is 5.41 Å². The number of nitrogens with zero attached hydrogens (tertiary/aromatic N) is 3. The number of anilines is 2. The van der Waals surface area contributed by atoms with Crippen LogP contribution in [-0.4, -0.2) is 20.2 Å². The number of hydrogen-bond donors (Lipinski definition) is 2. The monoisotopic (exact) mass is 267 g/mol. The van der Waals surface area contributed by atoms with Crippen LogP contribution in [0.25, 0.3) is 11.0 Å². The minimum atomic E-state index is 0.158. The Balaban J connectivity index is 1.90. The first-order chi connectivity index (χ1) is 9.54. The number of rotatable bonds is 2. The van der Waals surface area contributed by atoms with Crippen LogP contribution in [0.15, 0.2) is 36.8 Å². The van der Waals surface area contributed by atoms with Gasteiger partial charge in [-0.05, 0) is 23.1 Å². The highest BCUT2D eigenvalue weighted by Gasteiger charge is 2.13. The van der Waals surface area contributed by atoms with Crippen molar-refractivity contribution in [1.82, 2.24) is 20.2 Å². The van der Waals surface area contributed by atoms with Crippen LogP contribution in [0.1, 0.15) is 26.3 Å². The predicted molar refractivity (Wildman–Crippen MR) is 80.1 cm³/mol. The van der Waals surface area contributed by atoms with E-state index < -0.39 is 0 Å². The SMILES string of the molecule is CC(C)(C)c1ccc(Nc2ncnc3[nH]ncc23)cc1. The fourth-order valence-corrected chi connectivity index (χ4v) is 2.05. The van der Waals surface area contributed by atoms with Crippen LogP contribution >= 0.6 is 0 Å². The highest BCUT2D eigenvalue weighted by atomic mass is 15.2. The first-order valence-corrected chi connectivity index (χ1v) is 6.56. The number of aromatic amines is 1. The van der Waals surface area contributed by atoms with Crippen LogP contribution in [0.2, 0.25) is 0 Å². The molecular formula is C15H17N5. The third-order valence-electron chi connectivity index (χ3n) is 3.26. The Bertz CT molecular complexity index is 722. The van der Waals surface area contributed by atoms with Crippen molar-refractivity contribution in [2.75, 3.05) is 5.32 Å². The Hall–Kier alpha value is -2.43. The summed E-state index contributed by atoms with van der Waals surface area (Å²) in [5, 5.41) is 11.0. The molecule has 0 bridgehead atoms. The Morgan fingerprint density at radius 2 is 1.80 bits per heavy atom. The van der Waals surface area contributed by atoms with E-state index in [1.807, 2.05) is 0 Å². The third-order valence-corrected chi connectivity index (χ3v) is 3.26. The van der Waals surface area contributed by atoms with E-state index in [0.29, 0.717) is 0 Å². The molecular weight excluding hydrogens is 250 g/mol. The summed E-state index contributed by atoms with van der Waals surface area (Å²) in [7, 11) is 0. The van der Waals surface area contributed by atoms with Crippen LogP contribution in [0.3, 0.4) is 0 Å². The van der Waals surface area contributed by atoms with Crippen molar-refractivity contribution in [2.45, 2.75) is 26.2 Å². The zero-order valence-electron chi connectivity index (χ0n) is 11.8. The molecule has 5 heteroatoms. The molecule has 0 fully saturated rings. The lowest BCUT2D eigenvalue weighted by Gasteiger charge is -2.19. The lowest BCUT2D eigenvalue weighted by Crippen LogP contribution is -2.10. The van der Waals surface area contributed by atoms with E-state index >= 15 is 0 Å². The molecule has 0 saturated heterocycles. The standard InChI is InChI=1S/C15H17N5/c1-15(2,3)10-4-6-11(7-5-10)19-13-12-8-18-20-14(12)17-9-16-13/h4-9H,1-3H3,(H2,16,17,18,19,20). The number of fused-ring (bicyclic) bond motifs is 1. The van der Waals surface area contributed by atoms with Crippen LogP contribution < -0.4 is 5.32 Å². The van der Waals surface area contributed by atoms with Gasteiger partial charge in [-0.3, -0.25) is 5.10 Å². The van der Waals surface area contributed by atoms with E-state index in [9.17, 15) is 0 Å². The molecule has 1 aromatic carbocycles. The maximum Gasteiger partial charge on any atom is 0.160 e. The van der Waals surface area contributed by atoms with Gasteiger partial charge in [0.1, 0.15) is 12.1 Å². The molecule has 0 aliphatic rings. The molecule has 2 aromatic heterocycles. The topological polar surface area (TPSA) is 66.5 Å². The van der Waals surface area contributed by atoms with Crippen molar-refractivity contribution >= 4 is 22.5 Å². The minimum Gasteiger partial charge on any atom is -0.340 e. The molecule has 0 aliphatic carbocycles. The lowest BCUT2D eigenvalue weighted by atomic mass is 9.87. The molecule has 2 heterocycles. The zero-order valence-corrected chi connectivity index (χ0v) is 11.8. The van der Waals surface area contributed by atoms with Gasteiger partial charge in [-0.25, -0.2) is 9.97 Å². The van der Waals surface area contributed by atoms with Crippen LogP contribution in [0.5, 0.6) is 0 Å². The van der Waals surface area contributed by atoms with Crippen molar-refractivity contribution in [3.05, 3.63) is 42.4 Å². The normalized spacial score (nSPS) is 11.8. The van der Waals surface area contributed by atoms with E-state index in [4.69, 9.17) is 0 Å². The molecule has 20 heavy (non-hydrogen) atoms. The van der Waals surface area contributed by atoms with Gasteiger partial charge < -0.3 is 5.32 Å². The molecule has 0 amide bonds. The van der Waals surface area contributed by atoms with E-state index in [1.54, 1.807) is 6.20 Å². The molecule has 3 aromatic rings. The first-order valence-electron chi connectivity index (χ1n) is 6.56. The fourth-order valence-electron chi connectivity index (χ4n) is 2.05. The lowest BCUT2D eigenvalue weighted by molar-refractivity contribution is 0.590. The Morgan fingerprint density at radius 1 is 1.05 bits per heavy atom. The van der Waals surface area contributed by atoms with E-state index in [0.717, 1.165) is 22.5 Å². The smallest absolute Gasteiger partial charge is 0.160 e. The van der Waals surface area contributed by atoms with Gasteiger partial charge in [0.25, 0.3) is 0 Å². The summed E-state index contributed by atoms with van der Waals surface area (Å²) in [6.45, 7) is 6.61. The second-order valence-electron chi connectivity index (χ2n) is 5.81. The van der Waals surface area contributed by atoms with E-state index in [1.165, 1.54) is 11.9 Å². The van der Waals surface area contributed by atoms with Gasteiger partial charge in [0.2, 0.25) is 0 Å². The molecule has 0 atom stereocenters. The average Bonchev–Trinajstić information content (AvgIpc) is 2.88.